The average Bonchev–Trinajstić information content (AvgIpc) is 2.86. The second-order valence-electron chi connectivity index (χ2n) is 3.58. The molecular weight excluding hydrogens is 236 g/mol. The van der Waals surface area contributed by atoms with E-state index in [1.54, 1.807) is 0 Å². The lowest BCUT2D eigenvalue weighted by Gasteiger charge is -2.14. The average molecular weight is 250 g/mol. The highest BCUT2D eigenvalue weighted by molar-refractivity contribution is 7.09. The monoisotopic (exact) mass is 250 g/mol. The molecule has 0 saturated carbocycles. The molecule has 0 spiro atoms. The van der Waals surface area contributed by atoms with E-state index in [1.165, 1.54) is 17.1 Å². The Morgan fingerprint density at radius 3 is 2.65 bits per heavy atom. The lowest BCUT2D eigenvalue weighted by molar-refractivity contribution is 0.340. The van der Waals surface area contributed by atoms with E-state index < -0.39 is 0 Å². The molecule has 0 amide bonds. The van der Waals surface area contributed by atoms with E-state index in [1.807, 2.05) is 31.0 Å². The lowest BCUT2D eigenvalue weighted by Crippen LogP contribution is -2.16. The maximum absolute atomic E-state index is 5.39. The van der Waals surface area contributed by atoms with Gasteiger partial charge in [-0.05, 0) is 29.8 Å². The summed E-state index contributed by atoms with van der Waals surface area (Å²) in [5, 5.41) is 8.32. The first kappa shape index (κ1) is 11.8. The summed E-state index contributed by atoms with van der Waals surface area (Å²) in [7, 11) is 1.97. The van der Waals surface area contributed by atoms with Crippen LogP contribution in [0.25, 0.3) is 0 Å². The van der Waals surface area contributed by atoms with Crippen LogP contribution >= 0.6 is 11.5 Å². The standard InChI is InChI=1S/C11H14N4OS/c1-3-16-10-6-4-9(5-7-10)8-15(2)11-12-13-14-17-11/h4-7H,3,8H2,1-2H3. The molecule has 0 N–H and O–H groups in total. The van der Waals surface area contributed by atoms with E-state index in [0.29, 0.717) is 6.61 Å². The van der Waals surface area contributed by atoms with Gasteiger partial charge in [0.2, 0.25) is 5.13 Å². The molecule has 1 aromatic heterocycles. The first-order valence-corrected chi connectivity index (χ1v) is 6.15. The van der Waals surface area contributed by atoms with Gasteiger partial charge >= 0.3 is 0 Å². The van der Waals surface area contributed by atoms with Crippen LogP contribution < -0.4 is 9.64 Å². The molecule has 0 aliphatic heterocycles. The van der Waals surface area contributed by atoms with E-state index in [9.17, 15) is 0 Å². The van der Waals surface area contributed by atoms with E-state index in [4.69, 9.17) is 4.74 Å². The fraction of sp³-hybridized carbons (Fsp3) is 0.364. The number of aromatic nitrogens is 3. The molecule has 0 aliphatic rings. The van der Waals surface area contributed by atoms with E-state index >= 15 is 0 Å². The van der Waals surface area contributed by atoms with Gasteiger partial charge in [-0.2, -0.15) is 0 Å². The molecular formula is C11H14N4OS. The van der Waals surface area contributed by atoms with Crippen LogP contribution in [0.3, 0.4) is 0 Å². The summed E-state index contributed by atoms with van der Waals surface area (Å²) in [6.07, 6.45) is 0. The maximum atomic E-state index is 5.39. The third kappa shape index (κ3) is 3.13. The molecule has 17 heavy (non-hydrogen) atoms. The summed E-state index contributed by atoms with van der Waals surface area (Å²) in [6.45, 7) is 3.45. The van der Waals surface area contributed by atoms with Gasteiger partial charge in [-0.3, -0.25) is 0 Å². The highest BCUT2D eigenvalue weighted by Crippen LogP contribution is 2.17. The molecule has 0 bridgehead atoms. The Labute approximate surface area is 104 Å². The second-order valence-corrected chi connectivity index (χ2v) is 4.29. The SMILES string of the molecule is CCOc1ccc(CN(C)c2nnns2)cc1. The first-order valence-electron chi connectivity index (χ1n) is 5.37. The molecule has 2 rings (SSSR count). The molecule has 1 heterocycles. The summed E-state index contributed by atoms with van der Waals surface area (Å²) >= 11 is 1.29. The molecule has 90 valence electrons. The smallest absolute Gasteiger partial charge is 0.227 e. The van der Waals surface area contributed by atoms with Crippen LogP contribution in [0.2, 0.25) is 0 Å². The Balaban J connectivity index is 1.99. The quantitative estimate of drug-likeness (QED) is 0.812. The topological polar surface area (TPSA) is 51.1 Å². The molecule has 6 heteroatoms. The van der Waals surface area contributed by atoms with Crippen molar-refractivity contribution in [1.82, 2.24) is 14.8 Å². The van der Waals surface area contributed by atoms with Crippen molar-refractivity contribution >= 4 is 16.7 Å². The molecule has 0 fully saturated rings. The number of anilines is 1. The molecule has 0 aliphatic carbocycles. The fourth-order valence-electron chi connectivity index (χ4n) is 1.47. The van der Waals surface area contributed by atoms with Crippen molar-refractivity contribution < 1.29 is 4.74 Å². The van der Waals surface area contributed by atoms with Gasteiger partial charge in [0.25, 0.3) is 0 Å². The second kappa shape index (κ2) is 5.58. The van der Waals surface area contributed by atoms with Gasteiger partial charge in [0.15, 0.2) is 0 Å². The summed E-state index contributed by atoms with van der Waals surface area (Å²) in [5.41, 5.74) is 1.20. The normalized spacial score (nSPS) is 10.2. The minimum atomic E-state index is 0.690. The van der Waals surface area contributed by atoms with Gasteiger partial charge in [0.05, 0.1) is 6.61 Å². The summed E-state index contributed by atoms with van der Waals surface area (Å²) in [6, 6.07) is 8.06. The van der Waals surface area contributed by atoms with Crippen LogP contribution in [-0.4, -0.2) is 28.5 Å². The Morgan fingerprint density at radius 2 is 2.06 bits per heavy atom. The summed E-state index contributed by atoms with van der Waals surface area (Å²) < 4.78 is 9.14. The van der Waals surface area contributed by atoms with Gasteiger partial charge in [-0.1, -0.05) is 21.7 Å². The molecule has 2 aromatic rings. The van der Waals surface area contributed by atoms with Crippen LogP contribution in [0.5, 0.6) is 5.75 Å². The predicted octanol–water partition coefficient (Wildman–Crippen LogP) is 1.97. The first-order chi connectivity index (χ1) is 8.29. The zero-order valence-corrected chi connectivity index (χ0v) is 10.6. The van der Waals surface area contributed by atoms with Crippen LogP contribution in [0.15, 0.2) is 24.3 Å². The maximum Gasteiger partial charge on any atom is 0.227 e. The third-order valence-electron chi connectivity index (χ3n) is 2.27. The zero-order valence-electron chi connectivity index (χ0n) is 9.83. The Bertz CT molecular complexity index is 443. The van der Waals surface area contributed by atoms with Crippen LogP contribution in [-0.2, 0) is 6.54 Å². The number of ether oxygens (including phenoxy) is 1. The number of nitrogens with zero attached hydrogens (tertiary/aromatic N) is 4. The Morgan fingerprint density at radius 1 is 1.29 bits per heavy atom. The van der Waals surface area contributed by atoms with Gasteiger partial charge in [-0.15, -0.1) is 0 Å². The van der Waals surface area contributed by atoms with Gasteiger partial charge in [0, 0.05) is 25.1 Å². The molecule has 1 aromatic carbocycles. The van der Waals surface area contributed by atoms with Crippen molar-refractivity contribution in [1.29, 1.82) is 0 Å². The number of rotatable bonds is 5. The minimum absolute atomic E-state index is 0.690. The van der Waals surface area contributed by atoms with E-state index in [2.05, 4.69) is 26.9 Å². The minimum Gasteiger partial charge on any atom is -0.494 e. The van der Waals surface area contributed by atoms with Crippen LogP contribution in [0, 0.1) is 0 Å². The van der Waals surface area contributed by atoms with E-state index in [0.717, 1.165) is 17.4 Å². The summed E-state index contributed by atoms with van der Waals surface area (Å²) in [5.74, 6) is 0.900. The van der Waals surface area contributed by atoms with Crippen molar-refractivity contribution in [2.45, 2.75) is 13.5 Å². The van der Waals surface area contributed by atoms with Crippen molar-refractivity contribution in [3.63, 3.8) is 0 Å². The third-order valence-corrected chi connectivity index (χ3v) is 2.98. The molecule has 0 radical (unpaired) electrons. The van der Waals surface area contributed by atoms with E-state index in [-0.39, 0.29) is 0 Å². The fourth-order valence-corrected chi connectivity index (χ4v) is 1.90. The number of benzene rings is 1. The Kier molecular flexibility index (Phi) is 3.87. The lowest BCUT2D eigenvalue weighted by atomic mass is 10.2. The molecule has 0 unspecified atom stereocenters. The Hall–Kier alpha value is -1.69. The summed E-state index contributed by atoms with van der Waals surface area (Å²) in [4.78, 5) is 2.01. The highest BCUT2D eigenvalue weighted by atomic mass is 32.1. The van der Waals surface area contributed by atoms with Crippen molar-refractivity contribution in [2.24, 2.45) is 0 Å². The van der Waals surface area contributed by atoms with Crippen molar-refractivity contribution in [2.75, 3.05) is 18.6 Å². The molecule has 0 atom stereocenters. The highest BCUT2D eigenvalue weighted by Gasteiger charge is 2.06. The molecule has 5 nitrogen and oxygen atoms in total. The van der Waals surface area contributed by atoms with Crippen molar-refractivity contribution in [3.05, 3.63) is 29.8 Å². The number of hydrogen-bond acceptors (Lipinski definition) is 6. The number of hydrogen-bond donors (Lipinski definition) is 0. The van der Waals surface area contributed by atoms with Crippen LogP contribution in [0.1, 0.15) is 12.5 Å². The van der Waals surface area contributed by atoms with Gasteiger partial charge < -0.3 is 9.64 Å². The predicted molar refractivity (Wildman–Crippen MR) is 67.4 cm³/mol. The largest absolute Gasteiger partial charge is 0.494 e. The van der Waals surface area contributed by atoms with Gasteiger partial charge in [-0.25, -0.2) is 0 Å². The van der Waals surface area contributed by atoms with Crippen molar-refractivity contribution in [3.8, 4) is 5.75 Å². The van der Waals surface area contributed by atoms with Gasteiger partial charge in [0.1, 0.15) is 5.75 Å². The molecule has 0 saturated heterocycles. The zero-order chi connectivity index (χ0) is 12.1. The van der Waals surface area contributed by atoms with Crippen LogP contribution in [0.4, 0.5) is 5.13 Å².